The normalized spacial score (nSPS) is 19.5. The average molecular weight is 334 g/mol. The molecule has 1 aliphatic heterocycles. The van der Waals surface area contributed by atoms with E-state index >= 15 is 0 Å². The fourth-order valence-electron chi connectivity index (χ4n) is 2.07. The lowest BCUT2D eigenvalue weighted by atomic mass is 10.00. The maximum absolute atomic E-state index is 5.33. The zero-order valence-corrected chi connectivity index (χ0v) is 12.1. The Morgan fingerprint density at radius 2 is 2.33 bits per heavy atom. The number of nitrogens with zero attached hydrogens (tertiary/aromatic N) is 2. The lowest BCUT2D eigenvalue weighted by Gasteiger charge is -2.18. The minimum atomic E-state index is 0. The predicted molar refractivity (Wildman–Crippen MR) is 73.9 cm³/mol. The Morgan fingerprint density at radius 1 is 1.44 bits per heavy atom. The predicted octanol–water partition coefficient (Wildman–Crippen LogP) is 2.72. The summed E-state index contributed by atoms with van der Waals surface area (Å²) in [6.07, 6.45) is 4.13. The Labute approximate surface area is 119 Å². The molecule has 3 rings (SSSR count). The number of nitrogens with one attached hydrogen (secondary N) is 2. The van der Waals surface area contributed by atoms with Gasteiger partial charge in [-0.05, 0) is 41.4 Å². The molecule has 2 aromatic rings. The second kappa shape index (κ2) is 5.86. The first-order chi connectivity index (χ1) is 8.33. The Balaban J connectivity index is 0.00000120. The van der Waals surface area contributed by atoms with Crippen LogP contribution in [0.3, 0.4) is 0 Å². The van der Waals surface area contributed by atoms with Gasteiger partial charge >= 0.3 is 0 Å². The van der Waals surface area contributed by atoms with Crippen molar-refractivity contribution in [2.45, 2.75) is 18.8 Å². The summed E-state index contributed by atoms with van der Waals surface area (Å²) in [4.78, 5) is 7.54. The third kappa shape index (κ3) is 2.76. The van der Waals surface area contributed by atoms with E-state index in [4.69, 9.17) is 4.52 Å². The Bertz CT molecular complexity index is 507. The van der Waals surface area contributed by atoms with E-state index in [1.807, 2.05) is 12.3 Å². The van der Waals surface area contributed by atoms with Crippen molar-refractivity contribution in [3.05, 3.63) is 22.6 Å². The highest BCUT2D eigenvalue weighted by Crippen LogP contribution is 2.25. The van der Waals surface area contributed by atoms with E-state index in [1.165, 1.54) is 0 Å². The standard InChI is InChI=1S/C11H13BrN4O.ClH/c12-8-4-9(14-6-8)10-15-11(17-16-10)7-2-1-3-13-5-7;/h4,6-7,13-14H,1-3,5H2;1H/t7-;/m0./s1. The Kier molecular flexibility index (Phi) is 4.42. The molecule has 98 valence electrons. The van der Waals surface area contributed by atoms with Crippen LogP contribution in [0.4, 0.5) is 0 Å². The molecule has 0 radical (unpaired) electrons. The van der Waals surface area contributed by atoms with Crippen molar-refractivity contribution < 1.29 is 4.52 Å². The first-order valence-corrected chi connectivity index (χ1v) is 6.51. The number of hydrogen-bond donors (Lipinski definition) is 2. The maximum atomic E-state index is 5.33. The molecule has 0 spiro atoms. The van der Waals surface area contributed by atoms with Crippen LogP contribution in [-0.2, 0) is 0 Å². The van der Waals surface area contributed by atoms with Crippen molar-refractivity contribution in [3.8, 4) is 11.5 Å². The lowest BCUT2D eigenvalue weighted by molar-refractivity contribution is 0.322. The molecule has 0 amide bonds. The van der Waals surface area contributed by atoms with Crippen molar-refractivity contribution >= 4 is 28.3 Å². The highest BCUT2D eigenvalue weighted by Gasteiger charge is 2.21. The second-order valence-corrected chi connectivity index (χ2v) is 5.15. The summed E-state index contributed by atoms with van der Waals surface area (Å²) in [5, 5.41) is 7.35. The van der Waals surface area contributed by atoms with Gasteiger partial charge in [0, 0.05) is 17.2 Å². The lowest BCUT2D eigenvalue weighted by Crippen LogP contribution is -2.28. The highest BCUT2D eigenvalue weighted by atomic mass is 79.9. The minimum absolute atomic E-state index is 0. The molecular formula is C11H14BrClN4O. The zero-order valence-electron chi connectivity index (χ0n) is 9.65. The number of rotatable bonds is 2. The van der Waals surface area contributed by atoms with Gasteiger partial charge in [-0.2, -0.15) is 4.98 Å². The minimum Gasteiger partial charge on any atom is -0.357 e. The van der Waals surface area contributed by atoms with Gasteiger partial charge in [-0.3, -0.25) is 0 Å². The molecular weight excluding hydrogens is 320 g/mol. The fourth-order valence-corrected chi connectivity index (χ4v) is 2.41. The van der Waals surface area contributed by atoms with Crippen LogP contribution in [-0.4, -0.2) is 28.2 Å². The van der Waals surface area contributed by atoms with E-state index in [-0.39, 0.29) is 12.4 Å². The van der Waals surface area contributed by atoms with Crippen molar-refractivity contribution in [3.63, 3.8) is 0 Å². The summed E-state index contributed by atoms with van der Waals surface area (Å²) in [5.74, 6) is 1.71. The fraction of sp³-hybridized carbons (Fsp3) is 0.455. The molecule has 0 unspecified atom stereocenters. The van der Waals surface area contributed by atoms with Gasteiger partial charge in [0.25, 0.3) is 0 Å². The van der Waals surface area contributed by atoms with Crippen LogP contribution in [0.15, 0.2) is 21.3 Å². The molecule has 1 fully saturated rings. The van der Waals surface area contributed by atoms with Gasteiger partial charge in [-0.15, -0.1) is 12.4 Å². The first-order valence-electron chi connectivity index (χ1n) is 5.71. The van der Waals surface area contributed by atoms with E-state index in [2.05, 4.69) is 36.4 Å². The quantitative estimate of drug-likeness (QED) is 0.887. The third-order valence-electron chi connectivity index (χ3n) is 2.98. The molecule has 1 aliphatic rings. The van der Waals surface area contributed by atoms with E-state index in [1.54, 1.807) is 0 Å². The molecule has 7 heteroatoms. The average Bonchev–Trinajstić information content (AvgIpc) is 2.98. The van der Waals surface area contributed by atoms with Crippen molar-refractivity contribution in [1.29, 1.82) is 0 Å². The first kappa shape index (κ1) is 13.6. The number of aromatic amines is 1. The monoisotopic (exact) mass is 332 g/mol. The topological polar surface area (TPSA) is 66.7 Å². The van der Waals surface area contributed by atoms with Crippen LogP contribution >= 0.6 is 28.3 Å². The molecule has 5 nitrogen and oxygen atoms in total. The third-order valence-corrected chi connectivity index (χ3v) is 3.43. The summed E-state index contributed by atoms with van der Waals surface area (Å²) in [6.45, 7) is 2.01. The molecule has 1 atom stereocenters. The van der Waals surface area contributed by atoms with Gasteiger partial charge < -0.3 is 14.8 Å². The van der Waals surface area contributed by atoms with Crippen LogP contribution in [0.5, 0.6) is 0 Å². The smallest absolute Gasteiger partial charge is 0.231 e. The van der Waals surface area contributed by atoms with E-state index in [9.17, 15) is 0 Å². The van der Waals surface area contributed by atoms with Crippen LogP contribution in [0, 0.1) is 0 Å². The molecule has 0 bridgehead atoms. The second-order valence-electron chi connectivity index (χ2n) is 4.23. The van der Waals surface area contributed by atoms with Gasteiger partial charge in [0.05, 0.1) is 11.6 Å². The summed E-state index contributed by atoms with van der Waals surface area (Å²) in [6, 6.07) is 1.94. The number of hydrogen-bond acceptors (Lipinski definition) is 4. The summed E-state index contributed by atoms with van der Waals surface area (Å²) >= 11 is 3.39. The van der Waals surface area contributed by atoms with E-state index in [0.717, 1.165) is 42.0 Å². The Morgan fingerprint density at radius 3 is 3.00 bits per heavy atom. The Hall–Kier alpha value is -0.850. The SMILES string of the molecule is Brc1c[nH]c(-c2noc([C@H]3CCCNC3)n2)c1.Cl. The van der Waals surface area contributed by atoms with Crippen molar-refractivity contribution in [2.75, 3.05) is 13.1 Å². The summed E-state index contributed by atoms with van der Waals surface area (Å²) in [7, 11) is 0. The number of halogens is 2. The molecule has 2 aromatic heterocycles. The van der Waals surface area contributed by atoms with Gasteiger partial charge in [-0.1, -0.05) is 5.16 Å². The molecule has 1 saturated heterocycles. The number of aromatic nitrogens is 3. The van der Waals surface area contributed by atoms with Gasteiger partial charge in [0.1, 0.15) is 0 Å². The highest BCUT2D eigenvalue weighted by molar-refractivity contribution is 9.10. The number of H-pyrrole nitrogens is 1. The van der Waals surface area contributed by atoms with E-state index < -0.39 is 0 Å². The van der Waals surface area contributed by atoms with Gasteiger partial charge in [0.15, 0.2) is 0 Å². The number of piperidine rings is 1. The molecule has 0 saturated carbocycles. The van der Waals surface area contributed by atoms with Crippen LogP contribution in [0.1, 0.15) is 24.7 Å². The molecule has 3 heterocycles. The maximum Gasteiger partial charge on any atom is 0.231 e. The molecule has 0 aromatic carbocycles. The van der Waals surface area contributed by atoms with Crippen LogP contribution < -0.4 is 5.32 Å². The van der Waals surface area contributed by atoms with Gasteiger partial charge in [-0.25, -0.2) is 0 Å². The van der Waals surface area contributed by atoms with Crippen molar-refractivity contribution in [1.82, 2.24) is 20.4 Å². The summed E-state index contributed by atoms with van der Waals surface area (Å²) < 4.78 is 6.32. The van der Waals surface area contributed by atoms with Crippen LogP contribution in [0.2, 0.25) is 0 Å². The van der Waals surface area contributed by atoms with Gasteiger partial charge in [0.2, 0.25) is 11.7 Å². The van der Waals surface area contributed by atoms with E-state index in [0.29, 0.717) is 11.7 Å². The molecule has 2 N–H and O–H groups in total. The molecule has 0 aliphatic carbocycles. The van der Waals surface area contributed by atoms with Crippen LogP contribution in [0.25, 0.3) is 11.5 Å². The summed E-state index contributed by atoms with van der Waals surface area (Å²) in [5.41, 5.74) is 0.871. The molecule has 18 heavy (non-hydrogen) atoms. The largest absolute Gasteiger partial charge is 0.357 e. The van der Waals surface area contributed by atoms with Crippen molar-refractivity contribution in [2.24, 2.45) is 0 Å². The zero-order chi connectivity index (χ0) is 11.7.